The monoisotopic (exact) mass is 376 g/mol. The zero-order valence-corrected chi connectivity index (χ0v) is 16.5. The Morgan fingerprint density at radius 1 is 1.12 bits per heavy atom. The van der Waals surface area contributed by atoms with Crippen molar-refractivity contribution in [2.45, 2.75) is 32.9 Å². The second-order valence-electron chi connectivity index (χ2n) is 6.73. The van der Waals surface area contributed by atoms with E-state index in [1.165, 1.54) is 0 Å². The molecular formula is C21H29ClN2O2. The van der Waals surface area contributed by atoms with Gasteiger partial charge in [-0.3, -0.25) is 4.79 Å². The van der Waals surface area contributed by atoms with Gasteiger partial charge in [-0.1, -0.05) is 50.2 Å². The zero-order valence-electron chi connectivity index (χ0n) is 15.7. The number of hydrogen-bond acceptors (Lipinski definition) is 3. The van der Waals surface area contributed by atoms with E-state index in [0.29, 0.717) is 30.4 Å². The van der Waals surface area contributed by atoms with Gasteiger partial charge in [0.05, 0.1) is 0 Å². The molecule has 0 fully saturated rings. The Balaban J connectivity index is 0.00000338. The van der Waals surface area contributed by atoms with E-state index in [1.807, 2.05) is 55.6 Å². The molecule has 1 unspecified atom stereocenters. The summed E-state index contributed by atoms with van der Waals surface area (Å²) >= 11 is 0. The number of halogens is 1. The first-order valence-corrected chi connectivity index (χ1v) is 8.75. The molecule has 0 saturated heterocycles. The molecule has 0 radical (unpaired) electrons. The maximum atomic E-state index is 12.6. The van der Waals surface area contributed by atoms with E-state index >= 15 is 0 Å². The fourth-order valence-electron chi connectivity index (χ4n) is 2.46. The highest BCUT2D eigenvalue weighted by atomic mass is 35.5. The van der Waals surface area contributed by atoms with Gasteiger partial charge in [-0.2, -0.15) is 0 Å². The van der Waals surface area contributed by atoms with Gasteiger partial charge in [0, 0.05) is 25.2 Å². The first-order chi connectivity index (χ1) is 12.0. The number of nitrogens with zero attached hydrogens (tertiary/aromatic N) is 1. The molecule has 142 valence electrons. The summed E-state index contributed by atoms with van der Waals surface area (Å²) < 4.78 is 5.80. The smallest absolute Gasteiger partial charge is 0.253 e. The van der Waals surface area contributed by atoms with E-state index in [1.54, 1.807) is 11.0 Å². The van der Waals surface area contributed by atoms with Crippen LogP contribution in [-0.2, 0) is 6.61 Å². The molecule has 0 aliphatic heterocycles. The summed E-state index contributed by atoms with van der Waals surface area (Å²) in [5.41, 5.74) is 7.79. The lowest BCUT2D eigenvalue weighted by molar-refractivity contribution is 0.0788. The Hall–Kier alpha value is -2.04. The van der Waals surface area contributed by atoms with Crippen LogP contribution in [0.25, 0.3) is 0 Å². The molecule has 2 N–H and O–H groups in total. The first-order valence-electron chi connectivity index (χ1n) is 8.75. The van der Waals surface area contributed by atoms with Crippen LogP contribution in [0, 0.1) is 5.92 Å². The third kappa shape index (κ3) is 6.70. The molecule has 2 rings (SSSR count). The summed E-state index contributed by atoms with van der Waals surface area (Å²) in [7, 11) is 1.81. The number of amides is 1. The van der Waals surface area contributed by atoms with Crippen LogP contribution in [0.4, 0.5) is 0 Å². The molecule has 2 aromatic rings. The van der Waals surface area contributed by atoms with Crippen molar-refractivity contribution in [1.29, 1.82) is 0 Å². The lowest BCUT2D eigenvalue weighted by Gasteiger charge is -2.21. The number of ether oxygens (including phenoxy) is 1. The SMILES string of the molecule is CC(C)C(N)CCN(C)C(=O)c1cccc(OCc2ccccc2)c1.Cl. The van der Waals surface area contributed by atoms with Crippen LogP contribution in [0.2, 0.25) is 0 Å². The number of carbonyl (C=O) groups excluding carboxylic acids is 1. The summed E-state index contributed by atoms with van der Waals surface area (Å²) in [5, 5.41) is 0. The second kappa shape index (κ2) is 10.8. The minimum atomic E-state index is -0.0129. The van der Waals surface area contributed by atoms with E-state index in [2.05, 4.69) is 13.8 Å². The topological polar surface area (TPSA) is 55.6 Å². The molecule has 0 spiro atoms. The lowest BCUT2D eigenvalue weighted by Crippen LogP contribution is -2.34. The summed E-state index contributed by atoms with van der Waals surface area (Å²) in [4.78, 5) is 14.3. The quantitative estimate of drug-likeness (QED) is 0.753. The molecule has 2 aromatic carbocycles. The van der Waals surface area contributed by atoms with Crippen LogP contribution in [0.5, 0.6) is 5.75 Å². The van der Waals surface area contributed by atoms with E-state index in [9.17, 15) is 4.79 Å². The van der Waals surface area contributed by atoms with Crippen molar-refractivity contribution in [3.05, 3.63) is 65.7 Å². The van der Waals surface area contributed by atoms with Crippen molar-refractivity contribution in [1.82, 2.24) is 4.90 Å². The normalized spacial score (nSPS) is 11.6. The minimum Gasteiger partial charge on any atom is -0.489 e. The summed E-state index contributed by atoms with van der Waals surface area (Å²) in [6.45, 7) is 5.32. The van der Waals surface area contributed by atoms with E-state index in [-0.39, 0.29) is 24.4 Å². The molecule has 5 heteroatoms. The largest absolute Gasteiger partial charge is 0.489 e. The Kier molecular flexibility index (Phi) is 9.17. The van der Waals surface area contributed by atoms with E-state index in [4.69, 9.17) is 10.5 Å². The molecule has 4 nitrogen and oxygen atoms in total. The van der Waals surface area contributed by atoms with Gasteiger partial charge in [0.1, 0.15) is 12.4 Å². The van der Waals surface area contributed by atoms with Crippen molar-refractivity contribution in [3.8, 4) is 5.75 Å². The number of rotatable bonds is 8. The van der Waals surface area contributed by atoms with Gasteiger partial charge in [0.2, 0.25) is 0 Å². The second-order valence-corrected chi connectivity index (χ2v) is 6.73. The Bertz CT molecular complexity index is 677. The van der Waals surface area contributed by atoms with Crippen molar-refractivity contribution in [2.24, 2.45) is 11.7 Å². The zero-order chi connectivity index (χ0) is 18.2. The molecule has 0 aliphatic rings. The van der Waals surface area contributed by atoms with Crippen LogP contribution in [0.15, 0.2) is 54.6 Å². The predicted molar refractivity (Wildman–Crippen MR) is 109 cm³/mol. The third-order valence-corrected chi connectivity index (χ3v) is 4.33. The van der Waals surface area contributed by atoms with Crippen molar-refractivity contribution in [3.63, 3.8) is 0 Å². The minimum absolute atomic E-state index is 0. The Morgan fingerprint density at radius 2 is 1.81 bits per heavy atom. The Morgan fingerprint density at radius 3 is 2.46 bits per heavy atom. The van der Waals surface area contributed by atoms with Gasteiger partial charge in [-0.15, -0.1) is 12.4 Å². The van der Waals surface area contributed by atoms with Crippen LogP contribution >= 0.6 is 12.4 Å². The standard InChI is InChI=1S/C21H28N2O2.ClH/c1-16(2)20(22)12-13-23(3)21(24)18-10-7-11-19(14-18)25-15-17-8-5-4-6-9-17;/h4-11,14,16,20H,12-13,15,22H2,1-3H3;1H. The van der Waals surface area contributed by atoms with Crippen LogP contribution < -0.4 is 10.5 Å². The van der Waals surface area contributed by atoms with Crippen LogP contribution in [0.1, 0.15) is 36.2 Å². The highest BCUT2D eigenvalue weighted by Gasteiger charge is 2.15. The molecular weight excluding hydrogens is 348 g/mol. The fraction of sp³-hybridized carbons (Fsp3) is 0.381. The molecule has 0 heterocycles. The van der Waals surface area contributed by atoms with Gasteiger partial charge in [-0.25, -0.2) is 0 Å². The number of benzene rings is 2. The maximum Gasteiger partial charge on any atom is 0.253 e. The molecule has 1 atom stereocenters. The summed E-state index contributed by atoms with van der Waals surface area (Å²) in [6, 6.07) is 17.4. The first kappa shape index (κ1) is 22.0. The highest BCUT2D eigenvalue weighted by Crippen LogP contribution is 2.17. The van der Waals surface area contributed by atoms with Gasteiger partial charge in [0.15, 0.2) is 0 Å². The van der Waals surface area contributed by atoms with Crippen molar-refractivity contribution in [2.75, 3.05) is 13.6 Å². The molecule has 26 heavy (non-hydrogen) atoms. The molecule has 0 bridgehead atoms. The van der Waals surface area contributed by atoms with Gasteiger partial charge in [-0.05, 0) is 36.1 Å². The Labute approximate surface area is 162 Å². The number of carbonyl (C=O) groups is 1. The lowest BCUT2D eigenvalue weighted by atomic mass is 10.0. The average Bonchev–Trinajstić information content (AvgIpc) is 2.64. The van der Waals surface area contributed by atoms with Gasteiger partial charge >= 0.3 is 0 Å². The van der Waals surface area contributed by atoms with E-state index in [0.717, 1.165) is 12.0 Å². The predicted octanol–water partition coefficient (Wildman–Crippen LogP) is 4.13. The molecule has 0 aromatic heterocycles. The van der Waals surface area contributed by atoms with Crippen LogP contribution in [-0.4, -0.2) is 30.4 Å². The summed E-state index contributed by atoms with van der Waals surface area (Å²) in [5.74, 6) is 1.10. The highest BCUT2D eigenvalue weighted by molar-refractivity contribution is 5.94. The summed E-state index contributed by atoms with van der Waals surface area (Å²) in [6.07, 6.45) is 0.796. The molecule has 0 aliphatic carbocycles. The van der Waals surface area contributed by atoms with Gasteiger partial charge in [0.25, 0.3) is 5.91 Å². The van der Waals surface area contributed by atoms with Crippen molar-refractivity contribution < 1.29 is 9.53 Å². The molecule has 1 amide bonds. The van der Waals surface area contributed by atoms with Gasteiger partial charge < -0.3 is 15.4 Å². The van der Waals surface area contributed by atoms with E-state index < -0.39 is 0 Å². The average molecular weight is 377 g/mol. The number of nitrogens with two attached hydrogens (primary N) is 1. The molecule has 0 saturated carbocycles. The fourth-order valence-corrected chi connectivity index (χ4v) is 2.46. The van der Waals surface area contributed by atoms with Crippen LogP contribution in [0.3, 0.4) is 0 Å². The van der Waals surface area contributed by atoms with Crippen molar-refractivity contribution >= 4 is 18.3 Å². The number of hydrogen-bond donors (Lipinski definition) is 1. The maximum absolute atomic E-state index is 12.6. The third-order valence-electron chi connectivity index (χ3n) is 4.33.